The van der Waals surface area contributed by atoms with Crippen molar-refractivity contribution in [3.63, 3.8) is 0 Å². The van der Waals surface area contributed by atoms with Crippen molar-refractivity contribution in [2.75, 3.05) is 19.1 Å². The number of carbonyl (C=O) groups excluding carboxylic acids is 1. The van der Waals surface area contributed by atoms with Gasteiger partial charge >= 0.3 is 0 Å². The molecule has 0 saturated carbocycles. The third kappa shape index (κ3) is 1.53. The molecule has 2 aromatic carbocycles. The minimum absolute atomic E-state index is 0.0509. The summed E-state index contributed by atoms with van der Waals surface area (Å²) < 4.78 is 5.74. The maximum absolute atomic E-state index is 12.8. The van der Waals surface area contributed by atoms with Crippen LogP contribution in [0.1, 0.15) is 16.7 Å². The topological polar surface area (TPSA) is 29.5 Å². The number of para-hydroxylation sites is 1. The van der Waals surface area contributed by atoms with E-state index in [1.54, 1.807) is 19.1 Å². The first kappa shape index (κ1) is 12.9. The van der Waals surface area contributed by atoms with Crippen molar-refractivity contribution >= 4 is 11.6 Å². The molecule has 1 aliphatic heterocycles. The molecule has 0 bridgehead atoms. The van der Waals surface area contributed by atoms with Crippen LogP contribution in [0.5, 0.6) is 0 Å². The van der Waals surface area contributed by atoms with Crippen LogP contribution in [0.2, 0.25) is 0 Å². The number of hydrogen-bond acceptors (Lipinski definition) is 2. The third-order valence-electron chi connectivity index (χ3n) is 4.01. The van der Waals surface area contributed by atoms with Crippen LogP contribution in [0, 0.1) is 6.92 Å². The number of rotatable bonds is 2. The molecule has 1 aliphatic rings. The van der Waals surface area contributed by atoms with E-state index in [1.807, 2.05) is 55.5 Å². The average molecular weight is 267 g/mol. The smallest absolute Gasteiger partial charge is 0.268 e. The van der Waals surface area contributed by atoms with Crippen molar-refractivity contribution in [3.05, 3.63) is 65.2 Å². The monoisotopic (exact) mass is 267 g/mol. The second-order valence-electron chi connectivity index (χ2n) is 5.13. The number of methoxy groups -OCH3 is 1. The fourth-order valence-corrected chi connectivity index (χ4v) is 2.91. The Labute approximate surface area is 118 Å². The van der Waals surface area contributed by atoms with E-state index in [1.165, 1.54) is 0 Å². The van der Waals surface area contributed by atoms with Gasteiger partial charge in [0.25, 0.3) is 5.91 Å². The van der Waals surface area contributed by atoms with Gasteiger partial charge in [0.2, 0.25) is 0 Å². The predicted molar refractivity (Wildman–Crippen MR) is 78.8 cm³/mol. The predicted octanol–water partition coefficient (Wildman–Crippen LogP) is 2.86. The van der Waals surface area contributed by atoms with Crippen LogP contribution in [0.15, 0.2) is 48.5 Å². The number of likely N-dealkylation sites (N-methyl/N-ethyl adjacent to an activating group) is 1. The van der Waals surface area contributed by atoms with Crippen LogP contribution in [0.4, 0.5) is 5.69 Å². The van der Waals surface area contributed by atoms with Crippen molar-refractivity contribution in [1.29, 1.82) is 0 Å². The van der Waals surface area contributed by atoms with Crippen molar-refractivity contribution in [1.82, 2.24) is 0 Å². The van der Waals surface area contributed by atoms with E-state index in [-0.39, 0.29) is 5.91 Å². The number of aryl methyl sites for hydroxylation is 1. The van der Waals surface area contributed by atoms with Gasteiger partial charge in [0.05, 0.1) is 5.69 Å². The van der Waals surface area contributed by atoms with Crippen LogP contribution in [-0.2, 0) is 15.1 Å². The third-order valence-corrected chi connectivity index (χ3v) is 4.01. The largest absolute Gasteiger partial charge is 0.359 e. The highest BCUT2D eigenvalue weighted by Crippen LogP contribution is 2.45. The Morgan fingerprint density at radius 3 is 2.35 bits per heavy atom. The molecule has 1 amide bonds. The molecule has 0 fully saturated rings. The first-order chi connectivity index (χ1) is 9.61. The normalized spacial score (nSPS) is 21.1. The highest BCUT2D eigenvalue weighted by atomic mass is 16.5. The Morgan fingerprint density at radius 2 is 1.70 bits per heavy atom. The molecule has 0 saturated heterocycles. The molecule has 0 radical (unpaired) electrons. The lowest BCUT2D eigenvalue weighted by Crippen LogP contribution is -2.41. The molecule has 1 heterocycles. The minimum atomic E-state index is -1.03. The van der Waals surface area contributed by atoms with Gasteiger partial charge < -0.3 is 9.64 Å². The van der Waals surface area contributed by atoms with Crippen LogP contribution in [-0.4, -0.2) is 20.1 Å². The zero-order valence-corrected chi connectivity index (χ0v) is 11.9. The Morgan fingerprint density at radius 1 is 1.05 bits per heavy atom. The summed E-state index contributed by atoms with van der Waals surface area (Å²) in [5, 5.41) is 0. The Hall–Kier alpha value is -2.13. The molecule has 0 aliphatic carbocycles. The highest BCUT2D eigenvalue weighted by Gasteiger charge is 2.51. The second-order valence-corrected chi connectivity index (χ2v) is 5.13. The minimum Gasteiger partial charge on any atom is -0.359 e. The first-order valence-electron chi connectivity index (χ1n) is 6.61. The molecule has 0 aromatic heterocycles. The molecule has 102 valence electrons. The molecule has 0 N–H and O–H groups in total. The van der Waals surface area contributed by atoms with Crippen LogP contribution in [0.3, 0.4) is 0 Å². The lowest BCUT2D eigenvalue weighted by atomic mass is 9.87. The van der Waals surface area contributed by atoms with E-state index in [9.17, 15) is 4.79 Å². The van der Waals surface area contributed by atoms with Crippen molar-refractivity contribution < 1.29 is 9.53 Å². The van der Waals surface area contributed by atoms with E-state index in [2.05, 4.69) is 0 Å². The molecule has 3 rings (SSSR count). The molecule has 0 unspecified atom stereocenters. The van der Waals surface area contributed by atoms with Crippen LogP contribution < -0.4 is 4.90 Å². The van der Waals surface area contributed by atoms with Crippen LogP contribution >= 0.6 is 0 Å². The fourth-order valence-electron chi connectivity index (χ4n) is 2.91. The fraction of sp³-hybridized carbons (Fsp3) is 0.235. The molecule has 3 heteroatoms. The summed E-state index contributed by atoms with van der Waals surface area (Å²) in [6.45, 7) is 2.03. The van der Waals surface area contributed by atoms with E-state index >= 15 is 0 Å². The molecular formula is C17H17NO2. The van der Waals surface area contributed by atoms with Gasteiger partial charge in [-0.05, 0) is 18.6 Å². The molecule has 3 nitrogen and oxygen atoms in total. The van der Waals surface area contributed by atoms with Crippen molar-refractivity contribution in [3.8, 4) is 0 Å². The second kappa shape index (κ2) is 4.46. The molecule has 20 heavy (non-hydrogen) atoms. The standard InChI is InChI=1S/C17H17NO2/c1-12-8-10-13(11-9-12)17(20-3)14-6-4-5-7-15(14)18(2)16(17)19/h4-11H,1-3H3/t17-/m0/s1. The van der Waals surface area contributed by atoms with Gasteiger partial charge in [-0.15, -0.1) is 0 Å². The van der Waals surface area contributed by atoms with Gasteiger partial charge in [-0.3, -0.25) is 4.79 Å². The molecule has 2 aromatic rings. The van der Waals surface area contributed by atoms with Crippen molar-refractivity contribution in [2.45, 2.75) is 12.5 Å². The summed E-state index contributed by atoms with van der Waals surface area (Å²) >= 11 is 0. The van der Waals surface area contributed by atoms with E-state index in [0.717, 1.165) is 22.4 Å². The van der Waals surface area contributed by atoms with Gasteiger partial charge in [0.1, 0.15) is 0 Å². The first-order valence-corrected chi connectivity index (χ1v) is 6.61. The number of anilines is 1. The lowest BCUT2D eigenvalue weighted by Gasteiger charge is -2.27. The number of ether oxygens (including phenoxy) is 1. The average Bonchev–Trinajstić information content (AvgIpc) is 2.70. The number of fused-ring (bicyclic) bond motifs is 1. The maximum atomic E-state index is 12.8. The summed E-state index contributed by atoms with van der Waals surface area (Å²) in [6, 6.07) is 15.7. The number of hydrogen-bond donors (Lipinski definition) is 0. The Bertz CT molecular complexity index is 663. The van der Waals surface area contributed by atoms with E-state index < -0.39 is 5.60 Å². The zero-order chi connectivity index (χ0) is 14.3. The van der Waals surface area contributed by atoms with Gasteiger partial charge in [0.15, 0.2) is 5.60 Å². The van der Waals surface area contributed by atoms with E-state index in [4.69, 9.17) is 4.74 Å². The summed E-state index contributed by atoms with van der Waals surface area (Å²) in [6.07, 6.45) is 0. The van der Waals surface area contributed by atoms with Gasteiger partial charge in [0, 0.05) is 19.7 Å². The SMILES string of the molecule is CO[C@]1(c2ccc(C)cc2)C(=O)N(C)c2ccccc21. The van der Waals surface area contributed by atoms with Gasteiger partial charge in [-0.1, -0.05) is 48.0 Å². The molecular weight excluding hydrogens is 250 g/mol. The number of carbonyl (C=O) groups is 1. The van der Waals surface area contributed by atoms with Crippen molar-refractivity contribution in [2.24, 2.45) is 0 Å². The highest BCUT2D eigenvalue weighted by molar-refractivity contribution is 6.08. The quantitative estimate of drug-likeness (QED) is 0.837. The summed E-state index contributed by atoms with van der Waals surface area (Å²) in [5.74, 6) is -0.0509. The Balaban J connectivity index is 2.27. The molecule has 1 atom stereocenters. The Kier molecular flexibility index (Phi) is 2.87. The number of amides is 1. The van der Waals surface area contributed by atoms with Gasteiger partial charge in [-0.25, -0.2) is 0 Å². The van der Waals surface area contributed by atoms with E-state index in [0.29, 0.717) is 0 Å². The summed E-state index contributed by atoms with van der Waals surface area (Å²) in [7, 11) is 3.38. The lowest BCUT2D eigenvalue weighted by molar-refractivity contribution is -0.134. The molecule has 0 spiro atoms. The maximum Gasteiger partial charge on any atom is 0.268 e. The number of nitrogens with zero attached hydrogens (tertiary/aromatic N) is 1. The number of benzene rings is 2. The van der Waals surface area contributed by atoms with Crippen LogP contribution in [0.25, 0.3) is 0 Å². The van der Waals surface area contributed by atoms with Gasteiger partial charge in [-0.2, -0.15) is 0 Å². The summed E-state index contributed by atoms with van der Waals surface area (Å²) in [4.78, 5) is 14.5. The summed E-state index contributed by atoms with van der Waals surface area (Å²) in [5.41, 5.74) is 2.80. The zero-order valence-electron chi connectivity index (χ0n) is 11.9.